The van der Waals surface area contributed by atoms with Crippen molar-refractivity contribution in [1.29, 1.82) is 0 Å². The van der Waals surface area contributed by atoms with Gasteiger partial charge in [-0.2, -0.15) is 0 Å². The van der Waals surface area contributed by atoms with Crippen LogP contribution in [0.5, 0.6) is 0 Å². The molecule has 7 heteroatoms. The maximum Gasteiger partial charge on any atom is 0.0529 e. The summed E-state index contributed by atoms with van der Waals surface area (Å²) in [6.07, 6.45) is 6.31. The first-order valence-electron chi connectivity index (χ1n) is 9.57. The molecule has 7 nitrogen and oxygen atoms in total. The molecule has 0 aliphatic rings. The van der Waals surface area contributed by atoms with Gasteiger partial charge in [0.1, 0.15) is 0 Å². The van der Waals surface area contributed by atoms with E-state index in [4.69, 9.17) is 0 Å². The summed E-state index contributed by atoms with van der Waals surface area (Å²) in [4.78, 5) is 2.25. The van der Waals surface area contributed by atoms with Gasteiger partial charge in [-0.1, -0.05) is 54.6 Å². The summed E-state index contributed by atoms with van der Waals surface area (Å²) in [7, 11) is 0. The normalized spacial score (nSPS) is 9.29. The number of anilines is 3. The van der Waals surface area contributed by atoms with E-state index in [1.54, 1.807) is 36.9 Å². The van der Waals surface area contributed by atoms with Crippen molar-refractivity contribution in [2.75, 3.05) is 4.90 Å². The molecular formula is C24H21N7. The number of nitrogens with zero attached hydrogens (tertiary/aromatic N) is 7. The molecule has 5 rings (SSSR count). The first-order valence-corrected chi connectivity index (χ1v) is 9.57. The zero-order chi connectivity index (χ0) is 21.4. The van der Waals surface area contributed by atoms with Gasteiger partial charge in [-0.3, -0.25) is 0 Å². The highest BCUT2D eigenvalue weighted by molar-refractivity contribution is 5.76. The summed E-state index contributed by atoms with van der Waals surface area (Å²) >= 11 is 0. The fraction of sp³-hybridized carbons (Fsp3) is 0. The van der Waals surface area contributed by atoms with E-state index < -0.39 is 0 Å². The highest BCUT2D eigenvalue weighted by atomic mass is 15.3. The zero-order valence-corrected chi connectivity index (χ0v) is 16.8. The van der Waals surface area contributed by atoms with Crippen molar-refractivity contribution in [2.45, 2.75) is 0 Å². The lowest BCUT2D eigenvalue weighted by Gasteiger charge is -2.25. The van der Waals surface area contributed by atoms with Crippen molar-refractivity contribution in [3.63, 3.8) is 0 Å². The van der Waals surface area contributed by atoms with E-state index in [1.165, 1.54) is 17.1 Å². The van der Waals surface area contributed by atoms with Crippen LogP contribution in [0.2, 0.25) is 0 Å². The third-order valence-electron chi connectivity index (χ3n) is 3.86. The van der Waals surface area contributed by atoms with Gasteiger partial charge in [-0.25, -0.2) is 0 Å². The smallest absolute Gasteiger partial charge is 0.0529 e. The van der Waals surface area contributed by atoms with E-state index in [1.807, 2.05) is 18.2 Å². The minimum atomic E-state index is 1.17. The Hall–Kier alpha value is -4.52. The molecule has 0 aliphatic carbocycles. The van der Waals surface area contributed by atoms with Crippen LogP contribution in [0.25, 0.3) is 0 Å². The number of hydrogen-bond donors (Lipinski definition) is 0. The van der Waals surface area contributed by atoms with Crippen molar-refractivity contribution in [3.05, 3.63) is 128 Å². The van der Waals surface area contributed by atoms with Gasteiger partial charge in [-0.15, -0.1) is 20.4 Å². The zero-order valence-electron chi connectivity index (χ0n) is 16.8. The first-order chi connectivity index (χ1) is 15.4. The van der Waals surface area contributed by atoms with E-state index in [-0.39, 0.29) is 0 Å². The van der Waals surface area contributed by atoms with Gasteiger partial charge in [0.15, 0.2) is 0 Å². The minimum absolute atomic E-state index is 1.17. The summed E-state index contributed by atoms with van der Waals surface area (Å²) in [5.74, 6) is 0. The third-order valence-corrected chi connectivity index (χ3v) is 3.86. The lowest BCUT2D eigenvalue weighted by molar-refractivity contribution is 0.865. The average molecular weight is 407 g/mol. The SMILES string of the molecule is c1ccc(N(c2ccccc2)c2ccccc2)cc1.c1cnnnc1.c1cnnnc1. The Labute approximate surface area is 181 Å². The van der Waals surface area contributed by atoms with Crippen LogP contribution in [-0.4, -0.2) is 30.8 Å². The van der Waals surface area contributed by atoms with E-state index >= 15 is 0 Å². The maximum atomic E-state index is 3.42. The number of para-hydroxylation sites is 3. The standard InChI is InChI=1S/C18H15N.2C3H3N3/c1-4-10-16(11-5-1)19(17-12-6-2-7-13-17)18-14-8-3-9-15-18;2*1-2-4-6-5-3-1/h1-15H;2*1-3H. The lowest BCUT2D eigenvalue weighted by Crippen LogP contribution is -2.09. The second-order valence-electron chi connectivity index (χ2n) is 5.96. The Kier molecular flexibility index (Phi) is 8.78. The number of benzene rings is 3. The quantitative estimate of drug-likeness (QED) is 0.421. The highest BCUT2D eigenvalue weighted by Gasteiger charge is 2.10. The van der Waals surface area contributed by atoms with Gasteiger partial charge in [0, 0.05) is 17.1 Å². The van der Waals surface area contributed by atoms with E-state index in [0.717, 1.165) is 0 Å². The molecule has 31 heavy (non-hydrogen) atoms. The van der Waals surface area contributed by atoms with Crippen molar-refractivity contribution < 1.29 is 0 Å². The van der Waals surface area contributed by atoms with Crippen LogP contribution in [0.4, 0.5) is 17.1 Å². The van der Waals surface area contributed by atoms with Crippen LogP contribution in [0.1, 0.15) is 0 Å². The fourth-order valence-electron chi connectivity index (χ4n) is 2.59. The van der Waals surface area contributed by atoms with Crippen molar-refractivity contribution in [3.8, 4) is 0 Å². The van der Waals surface area contributed by atoms with Gasteiger partial charge >= 0.3 is 0 Å². The van der Waals surface area contributed by atoms with Crippen LogP contribution in [0.15, 0.2) is 128 Å². The maximum absolute atomic E-state index is 3.42. The molecule has 5 aromatic rings. The molecule has 0 saturated carbocycles. The highest BCUT2D eigenvalue weighted by Crippen LogP contribution is 2.33. The van der Waals surface area contributed by atoms with Crippen molar-refractivity contribution in [1.82, 2.24) is 30.8 Å². The largest absolute Gasteiger partial charge is 0.311 e. The van der Waals surface area contributed by atoms with E-state index in [9.17, 15) is 0 Å². The van der Waals surface area contributed by atoms with Crippen LogP contribution < -0.4 is 4.90 Å². The Morgan fingerprint density at radius 2 is 0.645 bits per heavy atom. The second kappa shape index (κ2) is 12.8. The molecule has 3 aromatic carbocycles. The van der Waals surface area contributed by atoms with Gasteiger partial charge in [-0.05, 0) is 59.0 Å². The molecule has 0 aliphatic heterocycles. The van der Waals surface area contributed by atoms with E-state index in [0.29, 0.717) is 0 Å². The van der Waals surface area contributed by atoms with Crippen LogP contribution in [0, 0.1) is 0 Å². The Bertz CT molecular complexity index is 886. The summed E-state index contributed by atoms with van der Waals surface area (Å²) in [6, 6.07) is 34.7. The molecule has 0 fully saturated rings. The molecule has 152 valence electrons. The fourth-order valence-corrected chi connectivity index (χ4v) is 2.59. The van der Waals surface area contributed by atoms with Gasteiger partial charge in [0.05, 0.1) is 24.8 Å². The molecular weight excluding hydrogens is 386 g/mol. The van der Waals surface area contributed by atoms with Crippen LogP contribution >= 0.6 is 0 Å². The molecule has 0 spiro atoms. The Balaban J connectivity index is 0.000000184. The number of aromatic nitrogens is 6. The Morgan fingerprint density at radius 1 is 0.355 bits per heavy atom. The van der Waals surface area contributed by atoms with Gasteiger partial charge < -0.3 is 4.90 Å². The average Bonchev–Trinajstić information content (AvgIpc) is 2.89. The molecule has 0 radical (unpaired) electrons. The minimum Gasteiger partial charge on any atom is -0.311 e. The topological polar surface area (TPSA) is 80.6 Å². The number of hydrogen-bond acceptors (Lipinski definition) is 7. The van der Waals surface area contributed by atoms with Gasteiger partial charge in [0.25, 0.3) is 0 Å². The summed E-state index contributed by atoms with van der Waals surface area (Å²) in [5.41, 5.74) is 3.50. The molecule has 0 unspecified atom stereocenters. The van der Waals surface area contributed by atoms with Crippen LogP contribution in [-0.2, 0) is 0 Å². The Morgan fingerprint density at radius 3 is 0.839 bits per heavy atom. The molecule has 0 N–H and O–H groups in total. The second-order valence-corrected chi connectivity index (χ2v) is 5.96. The first kappa shape index (κ1) is 21.2. The third kappa shape index (κ3) is 7.43. The predicted octanol–water partition coefficient (Wildman–Crippen LogP) is 4.90. The van der Waals surface area contributed by atoms with Crippen LogP contribution in [0.3, 0.4) is 0 Å². The molecule has 0 bridgehead atoms. The molecule has 0 saturated heterocycles. The monoisotopic (exact) mass is 407 g/mol. The summed E-state index contributed by atoms with van der Waals surface area (Å²) in [5, 5.41) is 20.3. The summed E-state index contributed by atoms with van der Waals surface area (Å²) < 4.78 is 0. The summed E-state index contributed by atoms with van der Waals surface area (Å²) in [6.45, 7) is 0. The van der Waals surface area contributed by atoms with Crippen molar-refractivity contribution >= 4 is 17.1 Å². The van der Waals surface area contributed by atoms with E-state index in [2.05, 4.69) is 109 Å². The molecule has 0 atom stereocenters. The molecule has 2 aromatic heterocycles. The lowest BCUT2D eigenvalue weighted by atomic mass is 10.2. The predicted molar refractivity (Wildman–Crippen MR) is 121 cm³/mol. The molecule has 0 amide bonds. The van der Waals surface area contributed by atoms with Crippen molar-refractivity contribution in [2.24, 2.45) is 0 Å². The van der Waals surface area contributed by atoms with Gasteiger partial charge in [0.2, 0.25) is 0 Å². The molecule has 2 heterocycles. The number of rotatable bonds is 3.